The van der Waals surface area contributed by atoms with Crippen molar-refractivity contribution in [1.82, 2.24) is 9.80 Å². The van der Waals surface area contributed by atoms with E-state index in [9.17, 15) is 0 Å². The molecule has 1 heterocycles. The second-order valence-electron chi connectivity index (χ2n) is 4.37. The summed E-state index contributed by atoms with van der Waals surface area (Å²) < 4.78 is 0. The number of hydrogen-bond donors (Lipinski definition) is 0. The minimum absolute atomic E-state index is 0.628. The highest BCUT2D eigenvalue weighted by Gasteiger charge is 2.22. The van der Waals surface area contributed by atoms with Crippen molar-refractivity contribution in [3.8, 4) is 0 Å². The molecule has 2 heteroatoms. The highest BCUT2D eigenvalue weighted by atomic mass is 15.4. The summed E-state index contributed by atoms with van der Waals surface area (Å²) in [6.45, 7) is 9.24. The molecule has 0 saturated heterocycles. The Morgan fingerprint density at radius 2 is 1.33 bits per heavy atom. The first-order chi connectivity index (χ1) is 7.33. The van der Waals surface area contributed by atoms with Gasteiger partial charge in [0.25, 0.3) is 0 Å². The summed E-state index contributed by atoms with van der Waals surface area (Å²) in [6, 6.07) is 0. The van der Waals surface area contributed by atoms with E-state index < -0.39 is 0 Å². The van der Waals surface area contributed by atoms with Crippen LogP contribution in [-0.4, -0.2) is 29.1 Å². The van der Waals surface area contributed by atoms with Crippen LogP contribution in [0.1, 0.15) is 52.9 Å². The average Bonchev–Trinajstić information content (AvgIpc) is 2.65. The SMILES string of the molecule is CCCCN1C=CN(CCCC)C1CC. The molecule has 0 aromatic rings. The zero-order valence-electron chi connectivity index (χ0n) is 10.6. The highest BCUT2D eigenvalue weighted by molar-refractivity contribution is 4.96. The van der Waals surface area contributed by atoms with E-state index in [4.69, 9.17) is 0 Å². The molecular weight excluding hydrogens is 184 g/mol. The van der Waals surface area contributed by atoms with Crippen LogP contribution in [0.5, 0.6) is 0 Å². The Bertz CT molecular complexity index is 171. The lowest BCUT2D eigenvalue weighted by molar-refractivity contribution is 0.145. The molecule has 88 valence electrons. The van der Waals surface area contributed by atoms with Crippen molar-refractivity contribution in [2.45, 2.75) is 59.0 Å². The van der Waals surface area contributed by atoms with Crippen molar-refractivity contribution < 1.29 is 0 Å². The molecule has 0 aromatic carbocycles. The van der Waals surface area contributed by atoms with Gasteiger partial charge in [-0.05, 0) is 19.3 Å². The van der Waals surface area contributed by atoms with Crippen LogP contribution in [0.3, 0.4) is 0 Å². The molecule has 1 aliphatic rings. The molecule has 1 rings (SSSR count). The summed E-state index contributed by atoms with van der Waals surface area (Å²) in [5.74, 6) is 0. The molecule has 2 nitrogen and oxygen atoms in total. The van der Waals surface area contributed by atoms with Crippen LogP contribution in [-0.2, 0) is 0 Å². The van der Waals surface area contributed by atoms with Gasteiger partial charge in [0.05, 0.1) is 0 Å². The minimum atomic E-state index is 0.628. The van der Waals surface area contributed by atoms with E-state index in [0.29, 0.717) is 6.17 Å². The Labute approximate surface area is 94.9 Å². The van der Waals surface area contributed by atoms with Gasteiger partial charge in [-0.1, -0.05) is 33.6 Å². The molecule has 0 fully saturated rings. The molecular formula is C13H26N2. The molecule has 0 spiro atoms. The Morgan fingerprint density at radius 1 is 0.867 bits per heavy atom. The van der Waals surface area contributed by atoms with Crippen molar-refractivity contribution >= 4 is 0 Å². The number of unbranched alkanes of at least 4 members (excludes halogenated alkanes) is 2. The second-order valence-corrected chi connectivity index (χ2v) is 4.37. The maximum Gasteiger partial charge on any atom is 0.100 e. The van der Waals surface area contributed by atoms with E-state index in [0.717, 1.165) is 0 Å². The first kappa shape index (κ1) is 12.4. The molecule has 0 amide bonds. The van der Waals surface area contributed by atoms with Crippen LogP contribution in [0, 0.1) is 0 Å². The molecule has 0 radical (unpaired) electrons. The standard InChI is InChI=1S/C13H26N2/c1-4-7-9-14-11-12-15(10-8-5-2)13(14)6-3/h11-13H,4-10H2,1-3H3. The average molecular weight is 210 g/mol. The van der Waals surface area contributed by atoms with Crippen LogP contribution in [0.4, 0.5) is 0 Å². The summed E-state index contributed by atoms with van der Waals surface area (Å²) >= 11 is 0. The van der Waals surface area contributed by atoms with E-state index in [1.165, 1.54) is 45.2 Å². The fourth-order valence-corrected chi connectivity index (χ4v) is 2.16. The molecule has 0 N–H and O–H groups in total. The number of nitrogens with zero attached hydrogens (tertiary/aromatic N) is 2. The number of rotatable bonds is 7. The van der Waals surface area contributed by atoms with Gasteiger partial charge in [-0.15, -0.1) is 0 Å². The van der Waals surface area contributed by atoms with Gasteiger partial charge in [0.1, 0.15) is 6.17 Å². The highest BCUT2D eigenvalue weighted by Crippen LogP contribution is 2.19. The molecule has 1 aliphatic heterocycles. The predicted molar refractivity (Wildman–Crippen MR) is 66.4 cm³/mol. The van der Waals surface area contributed by atoms with E-state index in [2.05, 4.69) is 43.0 Å². The largest absolute Gasteiger partial charge is 0.356 e. The maximum atomic E-state index is 2.50. The lowest BCUT2D eigenvalue weighted by Gasteiger charge is -2.32. The van der Waals surface area contributed by atoms with E-state index in [-0.39, 0.29) is 0 Å². The molecule has 0 unspecified atom stereocenters. The summed E-state index contributed by atoms with van der Waals surface area (Å²) in [4.78, 5) is 5.00. The van der Waals surface area contributed by atoms with Gasteiger partial charge in [0, 0.05) is 25.5 Å². The fraction of sp³-hybridized carbons (Fsp3) is 0.846. The summed E-state index contributed by atoms with van der Waals surface area (Å²) in [5, 5.41) is 0. The Morgan fingerprint density at radius 3 is 1.67 bits per heavy atom. The third-order valence-corrected chi connectivity index (χ3v) is 3.12. The van der Waals surface area contributed by atoms with Gasteiger partial charge in [-0.25, -0.2) is 0 Å². The van der Waals surface area contributed by atoms with Crippen LogP contribution in [0.25, 0.3) is 0 Å². The minimum Gasteiger partial charge on any atom is -0.356 e. The van der Waals surface area contributed by atoms with Crippen molar-refractivity contribution in [3.63, 3.8) is 0 Å². The van der Waals surface area contributed by atoms with Crippen LogP contribution >= 0.6 is 0 Å². The van der Waals surface area contributed by atoms with Crippen LogP contribution in [0.15, 0.2) is 12.4 Å². The molecule has 0 bridgehead atoms. The van der Waals surface area contributed by atoms with E-state index >= 15 is 0 Å². The van der Waals surface area contributed by atoms with Gasteiger partial charge in [-0.3, -0.25) is 0 Å². The summed E-state index contributed by atoms with van der Waals surface area (Å²) in [5.41, 5.74) is 0. The zero-order valence-corrected chi connectivity index (χ0v) is 10.6. The Hall–Kier alpha value is -0.660. The van der Waals surface area contributed by atoms with Gasteiger partial charge in [0.2, 0.25) is 0 Å². The van der Waals surface area contributed by atoms with Gasteiger partial charge < -0.3 is 9.80 Å². The second kappa shape index (κ2) is 6.76. The van der Waals surface area contributed by atoms with Gasteiger partial charge in [0.15, 0.2) is 0 Å². The maximum absolute atomic E-state index is 2.50. The first-order valence-corrected chi connectivity index (χ1v) is 6.53. The van der Waals surface area contributed by atoms with Crippen LogP contribution in [0.2, 0.25) is 0 Å². The monoisotopic (exact) mass is 210 g/mol. The summed E-state index contributed by atoms with van der Waals surface area (Å²) in [7, 11) is 0. The Kier molecular flexibility index (Phi) is 5.59. The predicted octanol–water partition coefficient (Wildman–Crippen LogP) is 3.41. The van der Waals surface area contributed by atoms with Gasteiger partial charge in [-0.2, -0.15) is 0 Å². The van der Waals surface area contributed by atoms with Crippen molar-refractivity contribution in [3.05, 3.63) is 12.4 Å². The van der Waals surface area contributed by atoms with E-state index in [1.54, 1.807) is 0 Å². The summed E-state index contributed by atoms with van der Waals surface area (Å²) in [6.07, 6.45) is 11.6. The van der Waals surface area contributed by atoms with Gasteiger partial charge >= 0.3 is 0 Å². The van der Waals surface area contributed by atoms with Crippen molar-refractivity contribution in [2.75, 3.05) is 13.1 Å². The molecule has 0 aliphatic carbocycles. The normalized spacial score (nSPS) is 16.7. The third-order valence-electron chi connectivity index (χ3n) is 3.12. The Balaban J connectivity index is 2.39. The topological polar surface area (TPSA) is 6.48 Å². The lowest BCUT2D eigenvalue weighted by atomic mass is 10.2. The fourth-order valence-electron chi connectivity index (χ4n) is 2.16. The van der Waals surface area contributed by atoms with Crippen molar-refractivity contribution in [1.29, 1.82) is 0 Å². The third kappa shape index (κ3) is 3.44. The quantitative estimate of drug-likeness (QED) is 0.635. The van der Waals surface area contributed by atoms with Crippen LogP contribution < -0.4 is 0 Å². The molecule has 0 aromatic heterocycles. The molecule has 0 saturated carbocycles. The lowest BCUT2D eigenvalue weighted by Crippen LogP contribution is -2.38. The van der Waals surface area contributed by atoms with Crippen molar-refractivity contribution in [2.24, 2.45) is 0 Å². The first-order valence-electron chi connectivity index (χ1n) is 6.53. The zero-order chi connectivity index (χ0) is 11.1. The van der Waals surface area contributed by atoms with E-state index in [1.807, 2.05) is 0 Å². The smallest absolute Gasteiger partial charge is 0.100 e. The molecule has 0 atom stereocenters. The molecule has 15 heavy (non-hydrogen) atoms. The number of hydrogen-bond acceptors (Lipinski definition) is 2.